The minimum absolute atomic E-state index is 0.125. The van der Waals surface area contributed by atoms with Crippen LogP contribution in [0.4, 0.5) is 0 Å². The van der Waals surface area contributed by atoms with E-state index in [9.17, 15) is 29.1 Å². The largest absolute Gasteiger partial charge is 0.481 e. The highest BCUT2D eigenvalue weighted by Gasteiger charge is 2.32. The van der Waals surface area contributed by atoms with E-state index in [4.69, 9.17) is 15.9 Å². The van der Waals surface area contributed by atoms with Gasteiger partial charge in [-0.1, -0.05) is 13.8 Å². The first-order valence-electron chi connectivity index (χ1n) is 9.07. The molecule has 8 N–H and O–H groups in total. The topological polar surface area (TPSA) is 208 Å². The number of rotatable bonds is 12. The van der Waals surface area contributed by atoms with Crippen molar-refractivity contribution in [1.82, 2.24) is 16.0 Å². The lowest BCUT2D eigenvalue weighted by atomic mass is 10.0. The molecule has 0 bridgehead atoms. The SMILES string of the molecule is CC(NC(=O)C(N)CCC(=O)O)C(=O)NC(C(=O)NC(C(=O)O)C(C)C)C(C)O. The van der Waals surface area contributed by atoms with Gasteiger partial charge in [-0.25, -0.2) is 4.79 Å². The fourth-order valence-electron chi connectivity index (χ4n) is 2.24. The van der Waals surface area contributed by atoms with Gasteiger partial charge in [0.15, 0.2) is 0 Å². The average Bonchev–Trinajstić information content (AvgIpc) is 2.60. The normalized spacial score (nSPS) is 16.1. The Bertz CT molecular complexity index is 623. The third kappa shape index (κ3) is 9.34. The molecule has 166 valence electrons. The number of carboxylic acids is 2. The number of hydrogen-bond donors (Lipinski definition) is 7. The number of hydrogen-bond acceptors (Lipinski definition) is 7. The third-order valence-corrected chi connectivity index (χ3v) is 4.05. The predicted molar refractivity (Wildman–Crippen MR) is 100 cm³/mol. The molecule has 0 saturated carbocycles. The Morgan fingerprint density at radius 2 is 1.34 bits per heavy atom. The third-order valence-electron chi connectivity index (χ3n) is 4.05. The molecule has 0 aliphatic heterocycles. The van der Waals surface area contributed by atoms with Gasteiger partial charge in [-0.05, 0) is 26.2 Å². The van der Waals surface area contributed by atoms with Crippen molar-refractivity contribution >= 4 is 29.7 Å². The van der Waals surface area contributed by atoms with E-state index in [-0.39, 0.29) is 12.8 Å². The highest BCUT2D eigenvalue weighted by atomic mass is 16.4. The monoisotopic (exact) mass is 418 g/mol. The van der Waals surface area contributed by atoms with Crippen molar-refractivity contribution in [2.45, 2.75) is 70.8 Å². The van der Waals surface area contributed by atoms with E-state index in [1.807, 2.05) is 0 Å². The van der Waals surface area contributed by atoms with Crippen LogP contribution in [0, 0.1) is 5.92 Å². The molecule has 0 aliphatic carbocycles. The molecule has 12 nitrogen and oxygen atoms in total. The molecule has 0 aromatic carbocycles. The molecule has 5 unspecified atom stereocenters. The quantitative estimate of drug-likeness (QED) is 0.183. The number of carbonyl (C=O) groups excluding carboxylic acids is 3. The summed E-state index contributed by atoms with van der Waals surface area (Å²) in [7, 11) is 0. The van der Waals surface area contributed by atoms with Crippen LogP contribution in [0.1, 0.15) is 40.5 Å². The van der Waals surface area contributed by atoms with Crippen LogP contribution in [0.25, 0.3) is 0 Å². The van der Waals surface area contributed by atoms with Gasteiger partial charge in [0.05, 0.1) is 12.1 Å². The molecule has 0 radical (unpaired) electrons. The summed E-state index contributed by atoms with van der Waals surface area (Å²) in [6.45, 7) is 5.71. The summed E-state index contributed by atoms with van der Waals surface area (Å²) in [5, 5.41) is 34.3. The molecule has 12 heteroatoms. The molecule has 0 saturated heterocycles. The highest BCUT2D eigenvalue weighted by Crippen LogP contribution is 2.04. The molecule has 0 heterocycles. The maximum Gasteiger partial charge on any atom is 0.326 e. The van der Waals surface area contributed by atoms with Crippen molar-refractivity contribution in [3.05, 3.63) is 0 Å². The molecule has 0 spiro atoms. The maximum atomic E-state index is 12.3. The van der Waals surface area contributed by atoms with Crippen molar-refractivity contribution in [1.29, 1.82) is 0 Å². The summed E-state index contributed by atoms with van der Waals surface area (Å²) >= 11 is 0. The summed E-state index contributed by atoms with van der Waals surface area (Å²) in [6, 6.07) is -4.96. The van der Waals surface area contributed by atoms with Crippen LogP contribution in [0.15, 0.2) is 0 Å². The van der Waals surface area contributed by atoms with E-state index in [1.165, 1.54) is 13.8 Å². The zero-order valence-electron chi connectivity index (χ0n) is 16.8. The second-order valence-corrected chi connectivity index (χ2v) is 7.06. The first kappa shape index (κ1) is 26.3. The van der Waals surface area contributed by atoms with Gasteiger partial charge in [-0.15, -0.1) is 0 Å². The van der Waals surface area contributed by atoms with E-state index >= 15 is 0 Å². The summed E-state index contributed by atoms with van der Waals surface area (Å²) in [4.78, 5) is 58.3. The molecule has 0 aromatic rings. The van der Waals surface area contributed by atoms with Crippen LogP contribution >= 0.6 is 0 Å². The number of carbonyl (C=O) groups is 5. The number of amides is 3. The Labute approximate surface area is 168 Å². The smallest absolute Gasteiger partial charge is 0.326 e. The van der Waals surface area contributed by atoms with Crippen LogP contribution in [-0.2, 0) is 24.0 Å². The molecular weight excluding hydrogens is 388 g/mol. The lowest BCUT2D eigenvalue weighted by Crippen LogP contribution is -2.59. The highest BCUT2D eigenvalue weighted by molar-refractivity contribution is 5.94. The molecule has 0 aliphatic rings. The van der Waals surface area contributed by atoms with Crippen LogP contribution in [0.5, 0.6) is 0 Å². The van der Waals surface area contributed by atoms with Crippen molar-refractivity contribution < 1.29 is 39.3 Å². The number of aliphatic hydroxyl groups is 1. The van der Waals surface area contributed by atoms with Gasteiger partial charge >= 0.3 is 11.9 Å². The minimum Gasteiger partial charge on any atom is -0.481 e. The van der Waals surface area contributed by atoms with Crippen LogP contribution in [-0.4, -0.2) is 75.3 Å². The zero-order chi connectivity index (χ0) is 22.9. The average molecular weight is 418 g/mol. The van der Waals surface area contributed by atoms with Crippen LogP contribution < -0.4 is 21.7 Å². The molecule has 0 fully saturated rings. The molecule has 0 aromatic heterocycles. The minimum atomic E-state index is -1.46. The van der Waals surface area contributed by atoms with E-state index in [0.717, 1.165) is 0 Å². The Hall–Kier alpha value is -2.73. The van der Waals surface area contributed by atoms with Gasteiger partial charge in [0.2, 0.25) is 17.7 Å². The van der Waals surface area contributed by atoms with Crippen molar-refractivity contribution in [2.75, 3.05) is 0 Å². The van der Waals surface area contributed by atoms with E-state index < -0.39 is 65.8 Å². The zero-order valence-corrected chi connectivity index (χ0v) is 16.8. The summed E-state index contributed by atoms with van der Waals surface area (Å²) < 4.78 is 0. The first-order valence-corrected chi connectivity index (χ1v) is 9.07. The number of aliphatic hydroxyl groups excluding tert-OH is 1. The second kappa shape index (κ2) is 12.0. The van der Waals surface area contributed by atoms with E-state index in [0.29, 0.717) is 0 Å². The lowest BCUT2D eigenvalue weighted by Gasteiger charge is -2.26. The molecular formula is C17H30N4O8. The van der Waals surface area contributed by atoms with Crippen molar-refractivity contribution in [2.24, 2.45) is 11.7 Å². The number of nitrogens with two attached hydrogens (primary N) is 1. The fourth-order valence-corrected chi connectivity index (χ4v) is 2.24. The van der Waals surface area contributed by atoms with Gasteiger partial charge in [-0.3, -0.25) is 19.2 Å². The molecule has 29 heavy (non-hydrogen) atoms. The molecule has 3 amide bonds. The Morgan fingerprint density at radius 1 is 0.828 bits per heavy atom. The Balaban J connectivity index is 4.96. The van der Waals surface area contributed by atoms with Crippen LogP contribution in [0.3, 0.4) is 0 Å². The summed E-state index contributed by atoms with van der Waals surface area (Å²) in [6.07, 6.45) is -1.79. The van der Waals surface area contributed by atoms with Gasteiger partial charge in [0.25, 0.3) is 0 Å². The molecule has 5 atom stereocenters. The predicted octanol–water partition coefficient (Wildman–Crippen LogP) is -2.23. The van der Waals surface area contributed by atoms with Gasteiger partial charge in [0.1, 0.15) is 18.1 Å². The Kier molecular flexibility index (Phi) is 10.8. The molecule has 0 rings (SSSR count). The maximum absolute atomic E-state index is 12.3. The summed E-state index contributed by atoms with van der Waals surface area (Å²) in [5.74, 6) is -5.29. The fraction of sp³-hybridized carbons (Fsp3) is 0.706. The second-order valence-electron chi connectivity index (χ2n) is 7.06. The van der Waals surface area contributed by atoms with Gasteiger partial charge in [-0.2, -0.15) is 0 Å². The number of aliphatic carboxylic acids is 2. The van der Waals surface area contributed by atoms with Crippen molar-refractivity contribution in [3.8, 4) is 0 Å². The van der Waals surface area contributed by atoms with Crippen LogP contribution in [0.2, 0.25) is 0 Å². The standard InChI is InChI=1S/C17H30N4O8/c1-7(2)12(17(28)29)20-16(27)13(9(4)22)21-14(25)8(3)19-15(26)10(18)5-6-11(23)24/h7-10,12-13,22H,5-6,18H2,1-4H3,(H,19,26)(H,20,27)(H,21,25)(H,23,24)(H,28,29). The number of carboxylic acid groups (broad SMARTS) is 2. The Morgan fingerprint density at radius 3 is 1.76 bits per heavy atom. The van der Waals surface area contributed by atoms with Crippen molar-refractivity contribution in [3.63, 3.8) is 0 Å². The lowest BCUT2D eigenvalue weighted by molar-refractivity contribution is -0.144. The van der Waals surface area contributed by atoms with Gasteiger partial charge in [0, 0.05) is 6.42 Å². The summed E-state index contributed by atoms with van der Waals surface area (Å²) in [5.41, 5.74) is 5.56. The van der Waals surface area contributed by atoms with E-state index in [1.54, 1.807) is 13.8 Å². The van der Waals surface area contributed by atoms with E-state index in [2.05, 4.69) is 16.0 Å². The first-order chi connectivity index (χ1) is 13.3. The number of nitrogens with one attached hydrogen (secondary N) is 3. The van der Waals surface area contributed by atoms with Gasteiger partial charge < -0.3 is 37.0 Å².